The van der Waals surface area contributed by atoms with Crippen LogP contribution in [0.3, 0.4) is 0 Å². The standard InChI is InChI=1S/C40H25NS/c1-2-12-29(13-3-1)41(30-20-18-26-10-4-5-11-27(26)24-30)31-21-23-32-28(25-31)19-22-36-38(32)33-14-6-7-15-34(33)40-39(36)35-16-8-9-17-37(35)42-40/h1-25H. The van der Waals surface area contributed by atoms with Gasteiger partial charge in [0.25, 0.3) is 0 Å². The summed E-state index contributed by atoms with van der Waals surface area (Å²) in [6.45, 7) is 0. The number of anilines is 3. The molecule has 8 aromatic carbocycles. The van der Waals surface area contributed by atoms with E-state index in [1.807, 2.05) is 11.3 Å². The van der Waals surface area contributed by atoms with Gasteiger partial charge in [-0.15, -0.1) is 11.3 Å². The van der Waals surface area contributed by atoms with Crippen LogP contribution in [0, 0.1) is 0 Å². The zero-order chi connectivity index (χ0) is 27.6. The molecule has 0 radical (unpaired) electrons. The summed E-state index contributed by atoms with van der Waals surface area (Å²) in [6, 6.07) is 55.4. The van der Waals surface area contributed by atoms with Crippen LogP contribution in [0.25, 0.3) is 63.3 Å². The van der Waals surface area contributed by atoms with Crippen LogP contribution < -0.4 is 4.90 Å². The summed E-state index contributed by atoms with van der Waals surface area (Å²) in [5.74, 6) is 0. The van der Waals surface area contributed by atoms with E-state index in [1.54, 1.807) is 0 Å². The number of benzene rings is 8. The largest absolute Gasteiger partial charge is 0.310 e. The minimum atomic E-state index is 1.14. The van der Waals surface area contributed by atoms with Crippen molar-refractivity contribution < 1.29 is 0 Å². The van der Waals surface area contributed by atoms with Gasteiger partial charge in [-0.3, -0.25) is 0 Å². The van der Waals surface area contributed by atoms with Gasteiger partial charge < -0.3 is 4.90 Å². The van der Waals surface area contributed by atoms with Crippen molar-refractivity contribution in [2.45, 2.75) is 0 Å². The van der Waals surface area contributed by atoms with Crippen LogP contribution in [0.1, 0.15) is 0 Å². The molecule has 0 spiro atoms. The highest BCUT2D eigenvalue weighted by Gasteiger charge is 2.18. The normalized spacial score (nSPS) is 11.8. The fourth-order valence-corrected chi connectivity index (χ4v) is 7.95. The molecule has 0 unspecified atom stereocenters. The molecule has 1 nitrogen and oxygen atoms in total. The molecular weight excluding hydrogens is 527 g/mol. The molecule has 0 saturated heterocycles. The molecule has 0 amide bonds. The van der Waals surface area contributed by atoms with E-state index in [1.165, 1.54) is 63.3 Å². The summed E-state index contributed by atoms with van der Waals surface area (Å²) in [5.41, 5.74) is 3.44. The highest BCUT2D eigenvalue weighted by Crippen LogP contribution is 2.46. The predicted molar refractivity (Wildman–Crippen MR) is 184 cm³/mol. The first-order chi connectivity index (χ1) is 20.8. The molecule has 9 aromatic rings. The minimum Gasteiger partial charge on any atom is -0.310 e. The number of fused-ring (bicyclic) bond motifs is 11. The molecule has 0 fully saturated rings. The molecule has 196 valence electrons. The Hall–Kier alpha value is -5.18. The molecule has 1 aromatic heterocycles. The first-order valence-corrected chi connectivity index (χ1v) is 15.2. The molecule has 0 bridgehead atoms. The van der Waals surface area contributed by atoms with Crippen molar-refractivity contribution >= 4 is 91.7 Å². The zero-order valence-corrected chi connectivity index (χ0v) is 23.6. The summed E-state index contributed by atoms with van der Waals surface area (Å²) < 4.78 is 2.72. The summed E-state index contributed by atoms with van der Waals surface area (Å²) in [5, 5.41) is 13.0. The second-order valence-electron chi connectivity index (χ2n) is 10.9. The number of para-hydroxylation sites is 1. The van der Waals surface area contributed by atoms with Crippen LogP contribution in [0.2, 0.25) is 0 Å². The first kappa shape index (κ1) is 23.5. The Morgan fingerprint density at radius 3 is 1.83 bits per heavy atom. The number of thiophene rings is 1. The summed E-state index contributed by atoms with van der Waals surface area (Å²) in [6.07, 6.45) is 0. The summed E-state index contributed by atoms with van der Waals surface area (Å²) >= 11 is 1.91. The molecule has 0 N–H and O–H groups in total. The van der Waals surface area contributed by atoms with Crippen LogP contribution in [0.15, 0.2) is 152 Å². The zero-order valence-electron chi connectivity index (χ0n) is 22.8. The van der Waals surface area contributed by atoms with Gasteiger partial charge in [0.05, 0.1) is 0 Å². The van der Waals surface area contributed by atoms with E-state index in [-0.39, 0.29) is 0 Å². The van der Waals surface area contributed by atoms with Gasteiger partial charge in [0, 0.05) is 42.6 Å². The molecule has 0 aliphatic heterocycles. The Bertz CT molecular complexity index is 2470. The van der Waals surface area contributed by atoms with Gasteiger partial charge in [-0.05, 0) is 80.2 Å². The molecular formula is C40H25NS. The maximum absolute atomic E-state index is 2.36. The third-order valence-corrected chi connectivity index (χ3v) is 9.78. The lowest BCUT2D eigenvalue weighted by atomic mass is 9.93. The van der Waals surface area contributed by atoms with Crippen molar-refractivity contribution in [1.29, 1.82) is 0 Å². The topological polar surface area (TPSA) is 3.24 Å². The summed E-state index contributed by atoms with van der Waals surface area (Å²) in [7, 11) is 0. The minimum absolute atomic E-state index is 1.14. The highest BCUT2D eigenvalue weighted by atomic mass is 32.1. The Morgan fingerprint density at radius 2 is 0.976 bits per heavy atom. The quantitative estimate of drug-likeness (QED) is 0.197. The molecule has 1 heterocycles. The molecule has 9 rings (SSSR count). The Kier molecular flexibility index (Phi) is 5.13. The SMILES string of the molecule is c1ccc(N(c2ccc3ccccc3c2)c2ccc3c(ccc4c3c3ccccc3c3sc5ccccc5c43)c2)cc1. The molecule has 2 heteroatoms. The molecule has 0 aliphatic carbocycles. The van der Waals surface area contributed by atoms with Gasteiger partial charge in [0.15, 0.2) is 0 Å². The average molecular weight is 552 g/mol. The van der Waals surface area contributed by atoms with Gasteiger partial charge in [0.2, 0.25) is 0 Å². The average Bonchev–Trinajstić information content (AvgIpc) is 3.45. The number of rotatable bonds is 3. The number of nitrogens with zero attached hydrogens (tertiary/aromatic N) is 1. The van der Waals surface area contributed by atoms with E-state index < -0.39 is 0 Å². The second-order valence-corrected chi connectivity index (χ2v) is 12.0. The van der Waals surface area contributed by atoms with Gasteiger partial charge in [-0.1, -0.05) is 109 Å². The van der Waals surface area contributed by atoms with Crippen molar-refractivity contribution in [3.8, 4) is 0 Å². The molecule has 0 aliphatic rings. The van der Waals surface area contributed by atoms with Crippen LogP contribution in [0.5, 0.6) is 0 Å². The van der Waals surface area contributed by atoms with Gasteiger partial charge >= 0.3 is 0 Å². The lowest BCUT2D eigenvalue weighted by Gasteiger charge is -2.26. The summed E-state index contributed by atoms with van der Waals surface area (Å²) in [4.78, 5) is 2.36. The Balaban J connectivity index is 1.33. The van der Waals surface area contributed by atoms with E-state index in [4.69, 9.17) is 0 Å². The second kappa shape index (κ2) is 9.17. The van der Waals surface area contributed by atoms with Crippen LogP contribution in [-0.4, -0.2) is 0 Å². The van der Waals surface area contributed by atoms with Crippen LogP contribution in [0.4, 0.5) is 17.1 Å². The Morgan fingerprint density at radius 1 is 0.357 bits per heavy atom. The van der Waals surface area contributed by atoms with Gasteiger partial charge in [-0.2, -0.15) is 0 Å². The highest BCUT2D eigenvalue weighted by molar-refractivity contribution is 7.27. The van der Waals surface area contributed by atoms with Crippen molar-refractivity contribution in [1.82, 2.24) is 0 Å². The van der Waals surface area contributed by atoms with Gasteiger partial charge in [-0.25, -0.2) is 0 Å². The predicted octanol–water partition coefficient (Wildman–Crippen LogP) is 12.1. The van der Waals surface area contributed by atoms with E-state index in [0.29, 0.717) is 0 Å². The van der Waals surface area contributed by atoms with E-state index in [9.17, 15) is 0 Å². The monoisotopic (exact) mass is 551 g/mol. The van der Waals surface area contributed by atoms with Crippen molar-refractivity contribution in [2.75, 3.05) is 4.90 Å². The first-order valence-electron chi connectivity index (χ1n) is 14.4. The third kappa shape index (κ3) is 3.49. The van der Waals surface area contributed by atoms with Crippen molar-refractivity contribution in [3.05, 3.63) is 152 Å². The molecule has 42 heavy (non-hydrogen) atoms. The Labute approximate surface area is 247 Å². The fraction of sp³-hybridized carbons (Fsp3) is 0. The van der Waals surface area contributed by atoms with E-state index in [2.05, 4.69) is 157 Å². The van der Waals surface area contributed by atoms with Crippen molar-refractivity contribution in [2.24, 2.45) is 0 Å². The van der Waals surface area contributed by atoms with E-state index in [0.717, 1.165) is 17.1 Å². The third-order valence-electron chi connectivity index (χ3n) is 8.57. The van der Waals surface area contributed by atoms with Gasteiger partial charge in [0.1, 0.15) is 0 Å². The van der Waals surface area contributed by atoms with Crippen LogP contribution in [-0.2, 0) is 0 Å². The van der Waals surface area contributed by atoms with Crippen LogP contribution >= 0.6 is 11.3 Å². The fourth-order valence-electron chi connectivity index (χ4n) is 6.70. The smallest absolute Gasteiger partial charge is 0.0468 e. The van der Waals surface area contributed by atoms with Crippen molar-refractivity contribution in [3.63, 3.8) is 0 Å². The lowest BCUT2D eigenvalue weighted by molar-refractivity contribution is 1.29. The lowest BCUT2D eigenvalue weighted by Crippen LogP contribution is -2.09. The maximum atomic E-state index is 2.36. The maximum Gasteiger partial charge on any atom is 0.0468 e. The van der Waals surface area contributed by atoms with E-state index >= 15 is 0 Å². The molecule has 0 saturated carbocycles. The molecule has 0 atom stereocenters. The number of hydrogen-bond donors (Lipinski definition) is 0. The number of hydrogen-bond acceptors (Lipinski definition) is 2.